The average molecular weight is 181 g/mol. The van der Waals surface area contributed by atoms with E-state index in [0.717, 1.165) is 37.4 Å². The Labute approximate surface area is 77.5 Å². The number of rotatable bonds is 4. The van der Waals surface area contributed by atoms with Gasteiger partial charge in [0.2, 0.25) is 5.89 Å². The highest BCUT2D eigenvalue weighted by atomic mass is 16.5. The predicted molar refractivity (Wildman–Crippen MR) is 48.3 cm³/mol. The molecule has 1 saturated carbocycles. The molecule has 2 rings (SSSR count). The number of nitrogens with zero attached hydrogens (tertiary/aromatic N) is 2. The van der Waals surface area contributed by atoms with Crippen LogP contribution >= 0.6 is 0 Å². The molecule has 0 aliphatic heterocycles. The van der Waals surface area contributed by atoms with E-state index < -0.39 is 0 Å². The summed E-state index contributed by atoms with van der Waals surface area (Å²) in [6, 6.07) is 0. The first-order valence-electron chi connectivity index (χ1n) is 4.84. The van der Waals surface area contributed by atoms with Crippen LogP contribution in [0.25, 0.3) is 0 Å². The van der Waals surface area contributed by atoms with Gasteiger partial charge in [-0.3, -0.25) is 0 Å². The molecule has 0 unspecified atom stereocenters. The molecule has 0 bridgehead atoms. The minimum absolute atomic E-state index is 0.0407. The molecule has 4 heteroatoms. The van der Waals surface area contributed by atoms with Crippen molar-refractivity contribution in [2.75, 3.05) is 6.54 Å². The van der Waals surface area contributed by atoms with E-state index in [1.807, 2.05) is 0 Å². The summed E-state index contributed by atoms with van der Waals surface area (Å²) in [4.78, 5) is 4.35. The number of aromatic nitrogens is 2. The molecule has 1 aromatic heterocycles. The third-order valence-electron chi connectivity index (χ3n) is 2.64. The first-order valence-corrected chi connectivity index (χ1v) is 4.84. The number of nitrogens with two attached hydrogens (primary N) is 1. The Balaban J connectivity index is 2.13. The zero-order valence-corrected chi connectivity index (χ0v) is 7.92. The van der Waals surface area contributed by atoms with E-state index in [2.05, 4.69) is 17.1 Å². The lowest BCUT2D eigenvalue weighted by molar-refractivity contribution is 0.343. The largest absolute Gasteiger partial charge is 0.339 e. The van der Waals surface area contributed by atoms with Gasteiger partial charge >= 0.3 is 0 Å². The molecule has 1 aliphatic rings. The van der Waals surface area contributed by atoms with Gasteiger partial charge in [-0.15, -0.1) is 0 Å². The van der Waals surface area contributed by atoms with E-state index in [-0.39, 0.29) is 5.41 Å². The highest BCUT2D eigenvalue weighted by Crippen LogP contribution is 2.46. The van der Waals surface area contributed by atoms with Gasteiger partial charge in [-0.05, 0) is 19.3 Å². The fourth-order valence-electron chi connectivity index (χ4n) is 1.45. The molecule has 0 amide bonds. The maximum absolute atomic E-state index is 5.66. The van der Waals surface area contributed by atoms with Gasteiger partial charge < -0.3 is 10.3 Å². The number of hydrogen-bond acceptors (Lipinski definition) is 4. The van der Waals surface area contributed by atoms with Gasteiger partial charge in [-0.1, -0.05) is 12.1 Å². The van der Waals surface area contributed by atoms with Crippen LogP contribution in [0, 0.1) is 0 Å². The van der Waals surface area contributed by atoms with Crippen LogP contribution in [0.1, 0.15) is 37.9 Å². The summed E-state index contributed by atoms with van der Waals surface area (Å²) in [5, 5.41) is 3.92. The van der Waals surface area contributed by atoms with Crippen molar-refractivity contribution in [2.24, 2.45) is 5.73 Å². The van der Waals surface area contributed by atoms with Crippen LogP contribution in [0.5, 0.6) is 0 Å². The number of hydrogen-bond donors (Lipinski definition) is 1. The topological polar surface area (TPSA) is 64.9 Å². The van der Waals surface area contributed by atoms with E-state index in [1.54, 1.807) is 0 Å². The third kappa shape index (κ3) is 1.46. The van der Waals surface area contributed by atoms with Gasteiger partial charge in [-0.25, -0.2) is 0 Å². The summed E-state index contributed by atoms with van der Waals surface area (Å²) < 4.78 is 5.19. The minimum atomic E-state index is 0.0407. The van der Waals surface area contributed by atoms with Crippen LogP contribution in [-0.4, -0.2) is 16.7 Å². The smallest absolute Gasteiger partial charge is 0.234 e. The Kier molecular flexibility index (Phi) is 2.07. The van der Waals surface area contributed by atoms with E-state index in [1.165, 1.54) is 0 Å². The molecular weight excluding hydrogens is 166 g/mol. The van der Waals surface area contributed by atoms with Crippen molar-refractivity contribution in [3.05, 3.63) is 11.7 Å². The van der Waals surface area contributed by atoms with Crippen molar-refractivity contribution in [1.82, 2.24) is 10.1 Å². The fraction of sp³-hybridized carbons (Fsp3) is 0.778. The van der Waals surface area contributed by atoms with Crippen molar-refractivity contribution >= 4 is 0 Å². The van der Waals surface area contributed by atoms with Crippen molar-refractivity contribution < 1.29 is 4.52 Å². The fourth-order valence-corrected chi connectivity index (χ4v) is 1.45. The van der Waals surface area contributed by atoms with Crippen molar-refractivity contribution in [3.63, 3.8) is 0 Å². The quantitative estimate of drug-likeness (QED) is 0.753. The second-order valence-corrected chi connectivity index (χ2v) is 3.75. The van der Waals surface area contributed by atoms with Crippen molar-refractivity contribution in [2.45, 2.75) is 38.0 Å². The SMILES string of the molecule is CCCc1noc(C2(CN)CC2)n1. The molecule has 1 heterocycles. The molecular formula is C9H15N3O. The van der Waals surface area contributed by atoms with Crippen LogP contribution in [0.4, 0.5) is 0 Å². The molecule has 1 fully saturated rings. The molecule has 2 N–H and O–H groups in total. The molecule has 1 aromatic rings. The first-order chi connectivity index (χ1) is 6.30. The second-order valence-electron chi connectivity index (χ2n) is 3.75. The molecule has 0 spiro atoms. The minimum Gasteiger partial charge on any atom is -0.339 e. The lowest BCUT2D eigenvalue weighted by Gasteiger charge is -2.03. The van der Waals surface area contributed by atoms with Crippen LogP contribution in [0.3, 0.4) is 0 Å². The van der Waals surface area contributed by atoms with Crippen LogP contribution in [0.15, 0.2) is 4.52 Å². The standard InChI is InChI=1S/C9H15N3O/c1-2-3-7-11-8(13-12-7)9(6-10)4-5-9/h2-6,10H2,1H3. The zero-order chi connectivity index (χ0) is 9.31. The second kappa shape index (κ2) is 3.10. The molecule has 13 heavy (non-hydrogen) atoms. The Morgan fingerprint density at radius 2 is 2.31 bits per heavy atom. The van der Waals surface area contributed by atoms with Crippen molar-refractivity contribution in [3.8, 4) is 0 Å². The van der Waals surface area contributed by atoms with Crippen LogP contribution in [-0.2, 0) is 11.8 Å². The van der Waals surface area contributed by atoms with Gasteiger partial charge in [0.15, 0.2) is 5.82 Å². The zero-order valence-electron chi connectivity index (χ0n) is 7.92. The summed E-state index contributed by atoms with van der Waals surface area (Å²) in [7, 11) is 0. The van der Waals surface area contributed by atoms with Gasteiger partial charge in [0.25, 0.3) is 0 Å². The molecule has 1 aliphatic carbocycles. The highest BCUT2D eigenvalue weighted by molar-refractivity contribution is 5.16. The van der Waals surface area contributed by atoms with Gasteiger partial charge in [0, 0.05) is 13.0 Å². The van der Waals surface area contributed by atoms with Gasteiger partial charge in [0.1, 0.15) is 0 Å². The normalized spacial score (nSPS) is 18.9. The predicted octanol–water partition coefficient (Wildman–Crippen LogP) is 1.01. The first kappa shape index (κ1) is 8.69. The highest BCUT2D eigenvalue weighted by Gasteiger charge is 2.48. The molecule has 72 valence electrons. The van der Waals surface area contributed by atoms with E-state index >= 15 is 0 Å². The van der Waals surface area contributed by atoms with Crippen LogP contribution in [0.2, 0.25) is 0 Å². The summed E-state index contributed by atoms with van der Waals surface area (Å²) in [6.07, 6.45) is 4.13. The van der Waals surface area contributed by atoms with Crippen LogP contribution < -0.4 is 5.73 Å². The summed E-state index contributed by atoms with van der Waals surface area (Å²) >= 11 is 0. The Morgan fingerprint density at radius 1 is 1.54 bits per heavy atom. The molecule has 0 aromatic carbocycles. The van der Waals surface area contributed by atoms with E-state index in [4.69, 9.17) is 10.3 Å². The lowest BCUT2D eigenvalue weighted by Crippen LogP contribution is -2.20. The lowest BCUT2D eigenvalue weighted by atomic mass is 10.1. The number of aryl methyl sites for hydroxylation is 1. The molecule has 0 radical (unpaired) electrons. The Hall–Kier alpha value is -0.900. The average Bonchev–Trinajstić information content (AvgIpc) is 2.82. The molecule has 0 saturated heterocycles. The summed E-state index contributed by atoms with van der Waals surface area (Å²) in [6.45, 7) is 2.73. The van der Waals surface area contributed by atoms with E-state index in [0.29, 0.717) is 6.54 Å². The molecule has 4 nitrogen and oxygen atoms in total. The summed E-state index contributed by atoms with van der Waals surface area (Å²) in [5.74, 6) is 1.57. The van der Waals surface area contributed by atoms with Crippen molar-refractivity contribution in [1.29, 1.82) is 0 Å². The Bertz CT molecular complexity index is 291. The van der Waals surface area contributed by atoms with E-state index in [9.17, 15) is 0 Å². The van der Waals surface area contributed by atoms with Gasteiger partial charge in [-0.2, -0.15) is 4.98 Å². The van der Waals surface area contributed by atoms with Gasteiger partial charge in [0.05, 0.1) is 5.41 Å². The maximum atomic E-state index is 5.66. The monoisotopic (exact) mass is 181 g/mol. The Morgan fingerprint density at radius 3 is 2.85 bits per heavy atom. The summed E-state index contributed by atoms with van der Waals surface area (Å²) in [5.41, 5.74) is 5.70. The maximum Gasteiger partial charge on any atom is 0.234 e. The molecule has 0 atom stereocenters. The third-order valence-corrected chi connectivity index (χ3v) is 2.64.